The lowest BCUT2D eigenvalue weighted by atomic mass is 10.1. The lowest BCUT2D eigenvalue weighted by Gasteiger charge is -2.07. The van der Waals surface area contributed by atoms with Crippen LogP contribution < -0.4 is 19.5 Å². The van der Waals surface area contributed by atoms with E-state index in [1.165, 1.54) is 0 Å². The molecule has 1 N–H and O–H groups in total. The molecule has 0 fully saturated rings. The van der Waals surface area contributed by atoms with Gasteiger partial charge in [0, 0.05) is 18.8 Å². The van der Waals surface area contributed by atoms with E-state index in [0.717, 1.165) is 5.69 Å². The fourth-order valence-electron chi connectivity index (χ4n) is 2.52. The van der Waals surface area contributed by atoms with Gasteiger partial charge in [-0.15, -0.1) is 0 Å². The van der Waals surface area contributed by atoms with Crippen molar-refractivity contribution < 1.29 is 19.0 Å². The second-order valence-corrected chi connectivity index (χ2v) is 5.85. The molecule has 7 heteroatoms. The van der Waals surface area contributed by atoms with Crippen LogP contribution in [0.3, 0.4) is 0 Å². The van der Waals surface area contributed by atoms with Gasteiger partial charge >= 0.3 is 0 Å². The van der Waals surface area contributed by atoms with E-state index in [2.05, 4.69) is 24.3 Å². The molecule has 0 aliphatic carbocycles. The molecule has 7 nitrogen and oxygen atoms in total. The predicted molar refractivity (Wildman–Crippen MR) is 87.7 cm³/mol. The Hall–Kier alpha value is -2.70. The average molecular weight is 331 g/mol. The molecule has 1 aromatic carbocycles. The van der Waals surface area contributed by atoms with E-state index in [1.54, 1.807) is 16.8 Å². The molecule has 3 rings (SSSR count). The van der Waals surface area contributed by atoms with Crippen LogP contribution in [-0.4, -0.2) is 35.6 Å². The zero-order valence-corrected chi connectivity index (χ0v) is 14.0. The Bertz CT molecular complexity index is 739. The predicted octanol–water partition coefficient (Wildman–Crippen LogP) is 2.08. The third-order valence-corrected chi connectivity index (χ3v) is 3.74. The molecule has 2 aromatic rings. The van der Waals surface area contributed by atoms with Crippen molar-refractivity contribution in [2.24, 2.45) is 7.05 Å². The first kappa shape index (κ1) is 16.2. The first-order chi connectivity index (χ1) is 11.5. The summed E-state index contributed by atoms with van der Waals surface area (Å²) in [6, 6.07) is 7.21. The van der Waals surface area contributed by atoms with Crippen molar-refractivity contribution in [1.29, 1.82) is 0 Å². The number of amides is 1. The van der Waals surface area contributed by atoms with Gasteiger partial charge in [-0.1, -0.05) is 13.8 Å². The highest BCUT2D eigenvalue weighted by atomic mass is 16.7. The van der Waals surface area contributed by atoms with Crippen molar-refractivity contribution in [2.45, 2.75) is 19.8 Å². The Labute approximate surface area is 140 Å². The minimum absolute atomic E-state index is 0.202. The lowest BCUT2D eigenvalue weighted by molar-refractivity contribution is 0.0941. The van der Waals surface area contributed by atoms with E-state index in [0.29, 0.717) is 42.0 Å². The van der Waals surface area contributed by atoms with E-state index in [-0.39, 0.29) is 12.7 Å². The highest BCUT2D eigenvalue weighted by Crippen LogP contribution is 2.34. The minimum atomic E-state index is -0.202. The van der Waals surface area contributed by atoms with Crippen LogP contribution in [0.2, 0.25) is 0 Å². The molecule has 2 heterocycles. The van der Waals surface area contributed by atoms with Crippen molar-refractivity contribution >= 4 is 5.91 Å². The molecule has 0 saturated carbocycles. The van der Waals surface area contributed by atoms with Crippen LogP contribution in [0.25, 0.3) is 0 Å². The van der Waals surface area contributed by atoms with Crippen molar-refractivity contribution in [3.8, 4) is 17.2 Å². The maximum Gasteiger partial charge on any atom is 0.271 e. The molecule has 1 aromatic heterocycles. The quantitative estimate of drug-likeness (QED) is 0.820. The van der Waals surface area contributed by atoms with Crippen molar-refractivity contribution in [1.82, 2.24) is 15.1 Å². The summed E-state index contributed by atoms with van der Waals surface area (Å²) in [7, 11) is 1.84. The summed E-state index contributed by atoms with van der Waals surface area (Å²) in [6.07, 6.45) is 0. The second kappa shape index (κ2) is 6.82. The number of benzene rings is 1. The highest BCUT2D eigenvalue weighted by Gasteiger charge is 2.15. The fourth-order valence-corrected chi connectivity index (χ4v) is 2.52. The van der Waals surface area contributed by atoms with Crippen LogP contribution >= 0.6 is 0 Å². The van der Waals surface area contributed by atoms with Crippen LogP contribution in [-0.2, 0) is 7.05 Å². The monoisotopic (exact) mass is 331 g/mol. The van der Waals surface area contributed by atoms with Gasteiger partial charge in [0.2, 0.25) is 6.79 Å². The standard InChI is InChI=1S/C17H21N3O4/c1-11(2)14-9-13(19-20(14)3)17(21)18-6-7-22-12-4-5-15-16(8-12)24-10-23-15/h4-5,8-9,11H,6-7,10H2,1-3H3,(H,18,21). The third kappa shape index (κ3) is 3.45. The fraction of sp³-hybridized carbons (Fsp3) is 0.412. The van der Waals surface area contributed by atoms with Gasteiger partial charge in [0.1, 0.15) is 18.1 Å². The normalized spacial score (nSPS) is 12.5. The largest absolute Gasteiger partial charge is 0.492 e. The summed E-state index contributed by atoms with van der Waals surface area (Å²) in [5, 5.41) is 7.05. The van der Waals surface area contributed by atoms with E-state index < -0.39 is 0 Å². The Morgan fingerprint density at radius 3 is 2.88 bits per heavy atom. The molecule has 1 aliphatic heterocycles. The second-order valence-electron chi connectivity index (χ2n) is 5.85. The molecule has 0 bridgehead atoms. The zero-order valence-electron chi connectivity index (χ0n) is 14.0. The SMILES string of the molecule is CC(C)c1cc(C(=O)NCCOc2ccc3c(c2)OCO3)nn1C. The maximum absolute atomic E-state index is 12.1. The lowest BCUT2D eigenvalue weighted by Crippen LogP contribution is -2.28. The van der Waals surface area contributed by atoms with Gasteiger partial charge in [0.15, 0.2) is 11.5 Å². The number of aryl methyl sites for hydroxylation is 1. The van der Waals surface area contributed by atoms with E-state index in [4.69, 9.17) is 14.2 Å². The number of fused-ring (bicyclic) bond motifs is 1. The molecular formula is C17H21N3O4. The zero-order chi connectivity index (χ0) is 17.1. The Kier molecular flexibility index (Phi) is 4.59. The van der Waals surface area contributed by atoms with E-state index in [9.17, 15) is 4.79 Å². The van der Waals surface area contributed by atoms with Gasteiger partial charge in [-0.05, 0) is 24.1 Å². The molecule has 0 spiro atoms. The number of rotatable bonds is 6. The number of carbonyl (C=O) groups excluding carboxylic acids is 1. The van der Waals surface area contributed by atoms with Gasteiger partial charge in [-0.25, -0.2) is 0 Å². The summed E-state index contributed by atoms with van der Waals surface area (Å²) in [5.41, 5.74) is 1.45. The molecule has 128 valence electrons. The van der Waals surface area contributed by atoms with Crippen LogP contribution in [0.5, 0.6) is 17.2 Å². The first-order valence-corrected chi connectivity index (χ1v) is 7.89. The van der Waals surface area contributed by atoms with Gasteiger partial charge in [0.05, 0.1) is 6.54 Å². The van der Waals surface area contributed by atoms with Crippen LogP contribution in [0.1, 0.15) is 35.9 Å². The maximum atomic E-state index is 12.1. The van der Waals surface area contributed by atoms with Gasteiger partial charge < -0.3 is 19.5 Å². The number of hydrogen-bond acceptors (Lipinski definition) is 5. The summed E-state index contributed by atoms with van der Waals surface area (Å²) in [4.78, 5) is 12.1. The minimum Gasteiger partial charge on any atom is -0.492 e. The summed E-state index contributed by atoms with van der Waals surface area (Å²) in [6.45, 7) is 5.11. The van der Waals surface area contributed by atoms with E-state index >= 15 is 0 Å². The molecular weight excluding hydrogens is 310 g/mol. The summed E-state index contributed by atoms with van der Waals surface area (Å²) in [5.74, 6) is 2.18. The van der Waals surface area contributed by atoms with Gasteiger partial charge in [0.25, 0.3) is 5.91 Å². The number of ether oxygens (including phenoxy) is 3. The van der Waals surface area contributed by atoms with Gasteiger partial charge in [-0.2, -0.15) is 5.10 Å². The molecule has 0 atom stereocenters. The molecule has 1 aliphatic rings. The average Bonchev–Trinajstić information content (AvgIpc) is 3.17. The number of aromatic nitrogens is 2. The molecule has 0 unspecified atom stereocenters. The highest BCUT2D eigenvalue weighted by molar-refractivity contribution is 5.92. The topological polar surface area (TPSA) is 74.6 Å². The van der Waals surface area contributed by atoms with Crippen LogP contribution in [0, 0.1) is 0 Å². The Morgan fingerprint density at radius 2 is 2.12 bits per heavy atom. The van der Waals surface area contributed by atoms with Crippen molar-refractivity contribution in [2.75, 3.05) is 19.9 Å². The number of hydrogen-bond donors (Lipinski definition) is 1. The van der Waals surface area contributed by atoms with Crippen LogP contribution in [0.4, 0.5) is 0 Å². The number of carbonyl (C=O) groups is 1. The summed E-state index contributed by atoms with van der Waals surface area (Å²) >= 11 is 0. The Morgan fingerprint density at radius 1 is 1.33 bits per heavy atom. The first-order valence-electron chi connectivity index (χ1n) is 7.89. The van der Waals surface area contributed by atoms with Crippen molar-refractivity contribution in [3.63, 3.8) is 0 Å². The number of nitrogens with zero attached hydrogens (tertiary/aromatic N) is 2. The molecule has 0 saturated heterocycles. The molecule has 1 amide bonds. The summed E-state index contributed by atoms with van der Waals surface area (Å²) < 4.78 is 17.9. The van der Waals surface area contributed by atoms with Gasteiger partial charge in [-0.3, -0.25) is 9.48 Å². The van der Waals surface area contributed by atoms with Crippen LogP contribution in [0.15, 0.2) is 24.3 Å². The smallest absolute Gasteiger partial charge is 0.271 e. The number of nitrogens with one attached hydrogen (secondary N) is 1. The third-order valence-electron chi connectivity index (χ3n) is 3.74. The molecule has 24 heavy (non-hydrogen) atoms. The Balaban J connectivity index is 1.48. The van der Waals surface area contributed by atoms with E-state index in [1.807, 2.05) is 19.2 Å². The molecule has 0 radical (unpaired) electrons. The van der Waals surface area contributed by atoms with Crippen molar-refractivity contribution in [3.05, 3.63) is 35.7 Å².